The van der Waals surface area contributed by atoms with Crippen LogP contribution >= 0.6 is 0 Å². The molecule has 1 atom stereocenters. The van der Waals surface area contributed by atoms with Gasteiger partial charge in [-0.2, -0.15) is 0 Å². The predicted octanol–water partition coefficient (Wildman–Crippen LogP) is 3.49. The molecule has 1 aliphatic rings. The van der Waals surface area contributed by atoms with Gasteiger partial charge < -0.3 is 15.4 Å². The Hall–Kier alpha value is -2.40. The first-order chi connectivity index (χ1) is 11.7. The first-order valence-electron chi connectivity index (χ1n) is 8.22. The molecule has 0 aromatic heterocycles. The summed E-state index contributed by atoms with van der Waals surface area (Å²) in [6.07, 6.45) is 3.05. The fourth-order valence-electron chi connectivity index (χ4n) is 2.76. The number of benzene rings is 2. The van der Waals surface area contributed by atoms with Crippen molar-refractivity contribution in [2.45, 2.75) is 31.9 Å². The Kier molecular flexibility index (Phi) is 5.43. The van der Waals surface area contributed by atoms with Crippen LogP contribution in [-0.2, 0) is 11.4 Å². The summed E-state index contributed by atoms with van der Waals surface area (Å²) in [5.41, 5.74) is 1.46. The maximum Gasteiger partial charge on any atom is 0.241 e. The standard InChI is InChI=1S/C19H21FN2O2/c20-15-6-3-5-14(11-15)13-24-17-8-4-7-16(12-17)22-19(23)18-9-1-2-10-21-18/h3-8,11-12,18,21H,1-2,9-10,13H2,(H,22,23). The van der Waals surface area contributed by atoms with Gasteiger partial charge in [0.05, 0.1) is 6.04 Å². The molecule has 126 valence electrons. The molecule has 2 N–H and O–H groups in total. The van der Waals surface area contributed by atoms with Crippen LogP contribution in [0.3, 0.4) is 0 Å². The Morgan fingerprint density at radius 2 is 2.08 bits per heavy atom. The molecule has 1 aliphatic heterocycles. The average Bonchev–Trinajstić information content (AvgIpc) is 2.61. The van der Waals surface area contributed by atoms with Crippen molar-refractivity contribution in [3.63, 3.8) is 0 Å². The highest BCUT2D eigenvalue weighted by atomic mass is 19.1. The normalized spacial score (nSPS) is 17.3. The van der Waals surface area contributed by atoms with E-state index in [9.17, 15) is 9.18 Å². The highest BCUT2D eigenvalue weighted by Crippen LogP contribution is 2.20. The minimum Gasteiger partial charge on any atom is -0.489 e. The summed E-state index contributed by atoms with van der Waals surface area (Å²) in [6.45, 7) is 1.16. The van der Waals surface area contributed by atoms with Crippen LogP contribution in [0.1, 0.15) is 24.8 Å². The van der Waals surface area contributed by atoms with Crippen LogP contribution in [-0.4, -0.2) is 18.5 Å². The van der Waals surface area contributed by atoms with Crippen molar-refractivity contribution in [2.24, 2.45) is 0 Å². The van der Waals surface area contributed by atoms with Gasteiger partial charge in [-0.1, -0.05) is 24.6 Å². The number of ether oxygens (including phenoxy) is 1. The fourth-order valence-corrected chi connectivity index (χ4v) is 2.76. The maximum absolute atomic E-state index is 13.2. The first-order valence-corrected chi connectivity index (χ1v) is 8.22. The zero-order chi connectivity index (χ0) is 16.8. The van der Waals surface area contributed by atoms with Gasteiger partial charge in [-0.05, 0) is 49.2 Å². The Bertz CT molecular complexity index is 699. The van der Waals surface area contributed by atoms with Crippen molar-refractivity contribution >= 4 is 11.6 Å². The second-order valence-electron chi connectivity index (χ2n) is 5.94. The van der Waals surface area contributed by atoms with Crippen LogP contribution in [0.5, 0.6) is 5.75 Å². The third kappa shape index (κ3) is 4.55. The molecule has 1 amide bonds. The van der Waals surface area contributed by atoms with Crippen molar-refractivity contribution in [2.75, 3.05) is 11.9 Å². The lowest BCUT2D eigenvalue weighted by Gasteiger charge is -2.22. The molecule has 1 fully saturated rings. The van der Waals surface area contributed by atoms with E-state index >= 15 is 0 Å². The zero-order valence-electron chi connectivity index (χ0n) is 13.4. The zero-order valence-corrected chi connectivity index (χ0v) is 13.4. The van der Waals surface area contributed by atoms with Crippen LogP contribution in [0.25, 0.3) is 0 Å². The molecule has 0 spiro atoms. The van der Waals surface area contributed by atoms with E-state index in [-0.39, 0.29) is 24.4 Å². The number of halogens is 1. The second-order valence-corrected chi connectivity index (χ2v) is 5.94. The number of carbonyl (C=O) groups excluding carboxylic acids is 1. The van der Waals surface area contributed by atoms with Crippen molar-refractivity contribution in [3.8, 4) is 5.75 Å². The molecule has 3 rings (SSSR count). The molecule has 1 unspecified atom stereocenters. The quantitative estimate of drug-likeness (QED) is 0.883. The average molecular weight is 328 g/mol. The molecule has 0 aliphatic carbocycles. The van der Waals surface area contributed by atoms with E-state index in [1.54, 1.807) is 12.1 Å². The smallest absolute Gasteiger partial charge is 0.241 e. The van der Waals surface area contributed by atoms with Gasteiger partial charge in [0.15, 0.2) is 0 Å². The van der Waals surface area contributed by atoms with Gasteiger partial charge in [-0.3, -0.25) is 4.79 Å². The summed E-state index contributed by atoms with van der Waals surface area (Å²) in [5, 5.41) is 6.14. The molecule has 2 aromatic carbocycles. The minimum atomic E-state index is -0.280. The van der Waals surface area contributed by atoms with E-state index in [2.05, 4.69) is 10.6 Å². The lowest BCUT2D eigenvalue weighted by Crippen LogP contribution is -2.43. The Morgan fingerprint density at radius 1 is 1.21 bits per heavy atom. The molecule has 0 radical (unpaired) electrons. The number of amides is 1. The van der Waals surface area contributed by atoms with Crippen LogP contribution in [0.2, 0.25) is 0 Å². The van der Waals surface area contributed by atoms with Gasteiger partial charge in [0.25, 0.3) is 0 Å². The van der Waals surface area contributed by atoms with Gasteiger partial charge in [0.1, 0.15) is 18.2 Å². The lowest BCUT2D eigenvalue weighted by atomic mass is 10.0. The number of carbonyl (C=O) groups is 1. The summed E-state index contributed by atoms with van der Waals surface area (Å²) in [6, 6.07) is 13.4. The van der Waals surface area contributed by atoms with Gasteiger partial charge in [0, 0.05) is 11.8 Å². The molecule has 4 nitrogen and oxygen atoms in total. The Balaban J connectivity index is 1.58. The van der Waals surface area contributed by atoms with E-state index in [1.165, 1.54) is 12.1 Å². The Labute approximate surface area is 141 Å². The van der Waals surface area contributed by atoms with Crippen LogP contribution < -0.4 is 15.4 Å². The van der Waals surface area contributed by atoms with Crippen molar-refractivity contribution in [3.05, 3.63) is 59.9 Å². The third-order valence-corrected chi connectivity index (χ3v) is 4.02. The fraction of sp³-hybridized carbons (Fsp3) is 0.316. The lowest BCUT2D eigenvalue weighted by molar-refractivity contribution is -0.118. The molecule has 1 heterocycles. The minimum absolute atomic E-state index is 0.0167. The first kappa shape index (κ1) is 16.5. The highest BCUT2D eigenvalue weighted by Gasteiger charge is 2.20. The summed E-state index contributed by atoms with van der Waals surface area (Å²) >= 11 is 0. The van der Waals surface area contributed by atoms with E-state index in [4.69, 9.17) is 4.74 Å². The molecule has 1 saturated heterocycles. The monoisotopic (exact) mass is 328 g/mol. The van der Waals surface area contributed by atoms with Gasteiger partial charge >= 0.3 is 0 Å². The molecule has 0 saturated carbocycles. The van der Waals surface area contributed by atoms with Crippen LogP contribution in [0.15, 0.2) is 48.5 Å². The summed E-state index contributed by atoms with van der Waals surface area (Å²) in [5.74, 6) is 0.336. The van der Waals surface area contributed by atoms with Gasteiger partial charge in [0.2, 0.25) is 5.91 Å². The highest BCUT2D eigenvalue weighted by molar-refractivity contribution is 5.95. The van der Waals surface area contributed by atoms with Crippen molar-refractivity contribution in [1.29, 1.82) is 0 Å². The number of anilines is 1. The molecule has 24 heavy (non-hydrogen) atoms. The van der Waals surface area contributed by atoms with Crippen LogP contribution in [0.4, 0.5) is 10.1 Å². The topological polar surface area (TPSA) is 50.4 Å². The Morgan fingerprint density at radius 3 is 2.88 bits per heavy atom. The maximum atomic E-state index is 13.2. The number of hydrogen-bond acceptors (Lipinski definition) is 3. The summed E-state index contributed by atoms with van der Waals surface area (Å²) in [7, 11) is 0. The number of piperidine rings is 1. The van der Waals surface area contributed by atoms with E-state index in [0.29, 0.717) is 11.4 Å². The van der Waals surface area contributed by atoms with Gasteiger partial charge in [-0.15, -0.1) is 0 Å². The SMILES string of the molecule is O=C(Nc1cccc(OCc2cccc(F)c2)c1)C1CCCCN1. The summed E-state index contributed by atoms with van der Waals surface area (Å²) < 4.78 is 18.8. The third-order valence-electron chi connectivity index (χ3n) is 4.02. The van der Waals surface area contributed by atoms with E-state index < -0.39 is 0 Å². The predicted molar refractivity (Wildman–Crippen MR) is 91.4 cm³/mol. The van der Waals surface area contributed by atoms with Gasteiger partial charge in [-0.25, -0.2) is 4.39 Å². The molecule has 2 aromatic rings. The van der Waals surface area contributed by atoms with E-state index in [0.717, 1.165) is 31.4 Å². The number of nitrogens with one attached hydrogen (secondary N) is 2. The molecular formula is C19H21FN2O2. The number of rotatable bonds is 5. The second kappa shape index (κ2) is 7.93. The molecular weight excluding hydrogens is 307 g/mol. The van der Waals surface area contributed by atoms with Crippen LogP contribution in [0, 0.1) is 5.82 Å². The summed E-state index contributed by atoms with van der Waals surface area (Å²) in [4.78, 5) is 12.2. The number of hydrogen-bond donors (Lipinski definition) is 2. The molecule has 5 heteroatoms. The largest absolute Gasteiger partial charge is 0.489 e. The van der Waals surface area contributed by atoms with E-state index in [1.807, 2.05) is 24.3 Å². The van der Waals surface area contributed by atoms with Crippen molar-refractivity contribution < 1.29 is 13.9 Å². The van der Waals surface area contributed by atoms with Crippen molar-refractivity contribution in [1.82, 2.24) is 5.32 Å². The molecule has 0 bridgehead atoms.